The number of rotatable bonds is 7. The Labute approximate surface area is 113 Å². The first-order chi connectivity index (χ1) is 8.74. The van der Waals surface area contributed by atoms with Crippen LogP contribution in [0.5, 0.6) is 0 Å². The zero-order chi connectivity index (χ0) is 14.5. The van der Waals surface area contributed by atoms with E-state index in [1.54, 1.807) is 5.38 Å². The first kappa shape index (κ1) is 16.4. The summed E-state index contributed by atoms with van der Waals surface area (Å²) in [4.78, 5) is 0. The Morgan fingerprint density at radius 1 is 1.32 bits per heavy atom. The normalized spacial score (nSPS) is 12.8. The van der Waals surface area contributed by atoms with Crippen molar-refractivity contribution in [3.8, 4) is 0 Å². The molecule has 19 heavy (non-hydrogen) atoms. The van der Waals surface area contributed by atoms with Crippen molar-refractivity contribution in [2.24, 2.45) is 5.73 Å². The van der Waals surface area contributed by atoms with Gasteiger partial charge in [-0.05, 0) is 29.9 Å². The van der Waals surface area contributed by atoms with E-state index in [0.29, 0.717) is 5.56 Å². The van der Waals surface area contributed by atoms with Gasteiger partial charge in [0.1, 0.15) is 4.21 Å². The predicted octanol–water partition coefficient (Wildman–Crippen LogP) is 2.22. The van der Waals surface area contributed by atoms with Gasteiger partial charge in [0.25, 0.3) is 0 Å². The van der Waals surface area contributed by atoms with Crippen LogP contribution in [0.3, 0.4) is 0 Å². The van der Waals surface area contributed by atoms with Gasteiger partial charge in [-0.1, -0.05) is 0 Å². The maximum absolute atomic E-state index is 11.9. The highest BCUT2D eigenvalue weighted by Gasteiger charge is 2.26. The summed E-state index contributed by atoms with van der Waals surface area (Å²) >= 11 is 1.04. The largest absolute Gasteiger partial charge is 0.389 e. The standard InChI is InChI=1S/C10H15F3N2O2S2/c11-10(12,13)3-1-2-4-15-19(16,17)9-5-8(6-14)7-18-9/h5,7,15H,1-4,6,14H2. The summed E-state index contributed by atoms with van der Waals surface area (Å²) in [6.07, 6.45) is -5.04. The third-order valence-corrected chi connectivity index (χ3v) is 5.26. The van der Waals surface area contributed by atoms with Gasteiger partial charge in [-0.3, -0.25) is 0 Å². The predicted molar refractivity (Wildman–Crippen MR) is 67.3 cm³/mol. The summed E-state index contributed by atoms with van der Waals surface area (Å²) in [5, 5.41) is 1.64. The fourth-order valence-corrected chi connectivity index (χ4v) is 3.67. The van der Waals surface area contributed by atoms with Crippen LogP contribution in [0.15, 0.2) is 15.7 Å². The van der Waals surface area contributed by atoms with E-state index < -0.39 is 22.6 Å². The van der Waals surface area contributed by atoms with Crippen LogP contribution in [0.4, 0.5) is 13.2 Å². The monoisotopic (exact) mass is 316 g/mol. The second kappa shape index (κ2) is 6.69. The first-order valence-corrected chi connectivity index (χ1v) is 7.95. The molecule has 0 aliphatic rings. The minimum Gasteiger partial charge on any atom is -0.326 e. The lowest BCUT2D eigenvalue weighted by atomic mass is 10.2. The Morgan fingerprint density at radius 2 is 2.00 bits per heavy atom. The fraction of sp³-hybridized carbons (Fsp3) is 0.600. The smallest absolute Gasteiger partial charge is 0.326 e. The Hall–Kier alpha value is -0.640. The van der Waals surface area contributed by atoms with Crippen molar-refractivity contribution < 1.29 is 21.6 Å². The van der Waals surface area contributed by atoms with E-state index in [1.807, 2.05) is 0 Å². The van der Waals surface area contributed by atoms with Crippen molar-refractivity contribution in [2.45, 2.75) is 36.2 Å². The van der Waals surface area contributed by atoms with Crippen LogP contribution in [0.25, 0.3) is 0 Å². The third kappa shape index (κ3) is 5.89. The van der Waals surface area contributed by atoms with Crippen molar-refractivity contribution in [1.82, 2.24) is 4.72 Å². The van der Waals surface area contributed by atoms with Crippen molar-refractivity contribution >= 4 is 21.4 Å². The molecule has 1 aromatic heterocycles. The average molecular weight is 316 g/mol. The maximum Gasteiger partial charge on any atom is 0.389 e. The van der Waals surface area contributed by atoms with Gasteiger partial charge in [0.15, 0.2) is 0 Å². The van der Waals surface area contributed by atoms with Gasteiger partial charge in [-0.2, -0.15) is 13.2 Å². The van der Waals surface area contributed by atoms with Gasteiger partial charge in [-0.15, -0.1) is 11.3 Å². The van der Waals surface area contributed by atoms with Crippen LogP contribution in [0.2, 0.25) is 0 Å². The number of alkyl halides is 3. The molecule has 0 aromatic carbocycles. The quantitative estimate of drug-likeness (QED) is 0.758. The number of nitrogens with two attached hydrogens (primary N) is 1. The number of unbranched alkanes of at least 4 members (excludes halogenated alkanes) is 1. The van der Waals surface area contributed by atoms with Gasteiger partial charge in [-0.25, -0.2) is 13.1 Å². The summed E-state index contributed by atoms with van der Waals surface area (Å²) in [6, 6.07) is 1.46. The van der Waals surface area contributed by atoms with Crippen molar-refractivity contribution in [3.05, 3.63) is 17.0 Å². The molecule has 0 aliphatic carbocycles. The van der Waals surface area contributed by atoms with Crippen molar-refractivity contribution in [3.63, 3.8) is 0 Å². The minimum atomic E-state index is -4.19. The molecule has 0 fully saturated rings. The Balaban J connectivity index is 2.39. The lowest BCUT2D eigenvalue weighted by Crippen LogP contribution is -2.24. The average Bonchev–Trinajstić information content (AvgIpc) is 2.76. The summed E-state index contributed by atoms with van der Waals surface area (Å²) in [7, 11) is -3.63. The number of sulfonamides is 1. The van der Waals surface area contributed by atoms with Crippen molar-refractivity contribution in [2.75, 3.05) is 6.54 Å². The molecule has 1 heterocycles. The van der Waals surface area contributed by atoms with E-state index in [1.165, 1.54) is 6.07 Å². The van der Waals surface area contributed by atoms with Gasteiger partial charge < -0.3 is 5.73 Å². The summed E-state index contributed by atoms with van der Waals surface area (Å²) in [6.45, 7) is 0.242. The molecule has 0 spiro atoms. The second-order valence-electron chi connectivity index (χ2n) is 3.95. The molecule has 9 heteroatoms. The van der Waals surface area contributed by atoms with Crippen LogP contribution in [-0.2, 0) is 16.6 Å². The highest BCUT2D eigenvalue weighted by Crippen LogP contribution is 2.22. The Kier molecular flexibility index (Phi) is 5.78. The summed E-state index contributed by atoms with van der Waals surface area (Å²) in [5.41, 5.74) is 6.08. The summed E-state index contributed by atoms with van der Waals surface area (Å²) < 4.78 is 61.5. The Bertz CT molecular complexity index is 497. The second-order valence-corrected chi connectivity index (χ2v) is 6.85. The van der Waals surface area contributed by atoms with Crippen LogP contribution in [-0.4, -0.2) is 21.1 Å². The van der Waals surface area contributed by atoms with Crippen LogP contribution in [0.1, 0.15) is 24.8 Å². The molecule has 110 valence electrons. The lowest BCUT2D eigenvalue weighted by Gasteiger charge is -2.06. The molecule has 0 bridgehead atoms. The maximum atomic E-state index is 11.9. The Morgan fingerprint density at radius 3 is 2.53 bits per heavy atom. The van der Waals surface area contributed by atoms with E-state index >= 15 is 0 Å². The van der Waals surface area contributed by atoms with E-state index in [2.05, 4.69) is 4.72 Å². The van der Waals surface area contributed by atoms with Crippen LogP contribution >= 0.6 is 11.3 Å². The molecular formula is C10H15F3N2O2S2. The molecule has 0 radical (unpaired) electrons. The molecule has 0 amide bonds. The van der Waals surface area contributed by atoms with Gasteiger partial charge in [0.05, 0.1) is 0 Å². The van der Waals surface area contributed by atoms with Gasteiger partial charge >= 0.3 is 6.18 Å². The molecule has 0 atom stereocenters. The number of thiophene rings is 1. The molecule has 0 saturated heterocycles. The molecule has 0 unspecified atom stereocenters. The molecule has 0 saturated carbocycles. The number of nitrogens with one attached hydrogen (secondary N) is 1. The highest BCUT2D eigenvalue weighted by molar-refractivity contribution is 7.91. The highest BCUT2D eigenvalue weighted by atomic mass is 32.2. The molecule has 3 N–H and O–H groups in total. The number of hydrogen-bond donors (Lipinski definition) is 2. The van der Waals surface area contributed by atoms with Crippen LogP contribution < -0.4 is 10.5 Å². The van der Waals surface area contributed by atoms with Gasteiger partial charge in [0.2, 0.25) is 10.0 Å². The molecule has 0 aliphatic heterocycles. The fourth-order valence-electron chi connectivity index (χ4n) is 1.33. The van der Waals surface area contributed by atoms with Crippen LogP contribution in [0, 0.1) is 0 Å². The van der Waals surface area contributed by atoms with E-state index in [9.17, 15) is 21.6 Å². The molecular weight excluding hydrogens is 301 g/mol. The topological polar surface area (TPSA) is 72.2 Å². The number of halogens is 3. The number of hydrogen-bond acceptors (Lipinski definition) is 4. The van der Waals surface area contributed by atoms with E-state index in [4.69, 9.17) is 5.73 Å². The molecule has 4 nitrogen and oxygen atoms in total. The molecule has 1 rings (SSSR count). The van der Waals surface area contributed by atoms with E-state index in [0.717, 1.165) is 11.3 Å². The summed E-state index contributed by atoms with van der Waals surface area (Å²) in [5.74, 6) is 0. The first-order valence-electron chi connectivity index (χ1n) is 5.58. The zero-order valence-electron chi connectivity index (χ0n) is 10.0. The van der Waals surface area contributed by atoms with E-state index in [-0.39, 0.29) is 30.1 Å². The van der Waals surface area contributed by atoms with Gasteiger partial charge in [0, 0.05) is 19.5 Å². The molecule has 1 aromatic rings. The third-order valence-electron chi connectivity index (χ3n) is 2.31. The zero-order valence-corrected chi connectivity index (χ0v) is 11.7. The minimum absolute atomic E-state index is 0.00568. The SMILES string of the molecule is NCc1csc(S(=O)(=O)NCCCCC(F)(F)F)c1. The lowest BCUT2D eigenvalue weighted by molar-refractivity contribution is -0.135. The van der Waals surface area contributed by atoms with Crippen molar-refractivity contribution in [1.29, 1.82) is 0 Å².